The summed E-state index contributed by atoms with van der Waals surface area (Å²) in [6.45, 7) is 0.255. The number of halogens is 1. The van der Waals surface area contributed by atoms with Crippen molar-refractivity contribution in [2.24, 2.45) is 0 Å². The molecule has 0 radical (unpaired) electrons. The lowest BCUT2D eigenvalue weighted by Crippen LogP contribution is -2.26. The molecule has 1 aromatic heterocycles. The monoisotopic (exact) mass is 285 g/mol. The molecule has 0 atom stereocenters. The van der Waals surface area contributed by atoms with Crippen molar-refractivity contribution in [2.75, 3.05) is 7.05 Å². The molecule has 0 saturated carbocycles. The number of nitrogens with zero attached hydrogens (tertiary/aromatic N) is 1. The molecule has 2 rings (SSSR count). The van der Waals surface area contributed by atoms with Gasteiger partial charge in [0.05, 0.1) is 17.4 Å². The van der Waals surface area contributed by atoms with E-state index in [9.17, 15) is 8.42 Å². The van der Waals surface area contributed by atoms with E-state index in [1.54, 1.807) is 18.2 Å². The minimum absolute atomic E-state index is 0.181. The highest BCUT2D eigenvalue weighted by Crippen LogP contribution is 2.20. The lowest BCUT2D eigenvalue weighted by Gasteiger charge is -2.16. The van der Waals surface area contributed by atoms with Gasteiger partial charge in [-0.2, -0.15) is 4.31 Å². The molecule has 0 aliphatic heterocycles. The molecule has 0 bridgehead atoms. The van der Waals surface area contributed by atoms with Crippen LogP contribution in [0.25, 0.3) is 0 Å². The summed E-state index contributed by atoms with van der Waals surface area (Å²) in [5, 5.41) is 0.396. The number of sulfonamides is 1. The number of rotatable bonds is 4. The maximum absolute atomic E-state index is 12.2. The van der Waals surface area contributed by atoms with Gasteiger partial charge in [0.2, 0.25) is 10.0 Å². The molecule has 0 unspecified atom stereocenters. The van der Waals surface area contributed by atoms with E-state index in [2.05, 4.69) is 0 Å². The first-order valence-electron chi connectivity index (χ1n) is 5.23. The molecular formula is C12H12ClNO3S. The number of hydrogen-bond donors (Lipinski definition) is 0. The fourth-order valence-electron chi connectivity index (χ4n) is 1.53. The molecule has 1 aromatic carbocycles. The van der Waals surface area contributed by atoms with Gasteiger partial charge in [-0.3, -0.25) is 0 Å². The van der Waals surface area contributed by atoms with E-state index in [1.165, 1.54) is 36.0 Å². The molecule has 0 saturated heterocycles. The van der Waals surface area contributed by atoms with Gasteiger partial charge in [-0.1, -0.05) is 17.7 Å². The topological polar surface area (TPSA) is 50.5 Å². The summed E-state index contributed by atoms with van der Waals surface area (Å²) in [7, 11) is -2.01. The van der Waals surface area contributed by atoms with E-state index in [-0.39, 0.29) is 11.4 Å². The first kappa shape index (κ1) is 13.1. The molecule has 2 aromatic rings. The van der Waals surface area contributed by atoms with Crippen LogP contribution in [0.4, 0.5) is 0 Å². The third kappa shape index (κ3) is 2.75. The quantitative estimate of drug-likeness (QED) is 0.868. The van der Waals surface area contributed by atoms with Gasteiger partial charge < -0.3 is 4.42 Å². The Morgan fingerprint density at radius 1 is 1.33 bits per heavy atom. The summed E-state index contributed by atoms with van der Waals surface area (Å²) in [5.41, 5.74) is 0.795. The van der Waals surface area contributed by atoms with Crippen LogP contribution in [0.3, 0.4) is 0 Å². The smallest absolute Gasteiger partial charge is 0.243 e. The Morgan fingerprint density at radius 2 is 2.11 bits per heavy atom. The molecule has 0 N–H and O–H groups in total. The third-order valence-corrected chi connectivity index (χ3v) is 4.52. The first-order valence-corrected chi connectivity index (χ1v) is 7.05. The second-order valence-corrected chi connectivity index (χ2v) is 6.33. The molecule has 96 valence electrons. The van der Waals surface area contributed by atoms with Gasteiger partial charge in [-0.15, -0.1) is 0 Å². The Balaban J connectivity index is 2.25. The Labute approximate surface area is 111 Å². The van der Waals surface area contributed by atoms with Crippen molar-refractivity contribution in [2.45, 2.75) is 11.4 Å². The minimum Gasteiger partial charge on any atom is -0.472 e. The van der Waals surface area contributed by atoms with Crippen LogP contribution in [0, 0.1) is 0 Å². The van der Waals surface area contributed by atoms with Crippen LogP contribution in [0.15, 0.2) is 52.2 Å². The number of benzene rings is 1. The summed E-state index contributed by atoms with van der Waals surface area (Å²) in [4.78, 5) is 0.181. The Hall–Kier alpha value is -1.30. The zero-order valence-corrected chi connectivity index (χ0v) is 11.3. The van der Waals surface area contributed by atoms with E-state index < -0.39 is 10.0 Å². The van der Waals surface area contributed by atoms with Crippen LogP contribution in [-0.4, -0.2) is 19.8 Å². The lowest BCUT2D eigenvalue weighted by atomic mass is 10.3. The average Bonchev–Trinajstić information content (AvgIpc) is 2.81. The maximum Gasteiger partial charge on any atom is 0.243 e. The predicted molar refractivity (Wildman–Crippen MR) is 68.8 cm³/mol. The Kier molecular flexibility index (Phi) is 3.75. The van der Waals surface area contributed by atoms with Crippen molar-refractivity contribution >= 4 is 21.6 Å². The Morgan fingerprint density at radius 3 is 2.72 bits per heavy atom. The molecule has 0 fully saturated rings. The standard InChI is InChI=1S/C12H12ClNO3S/c1-14(8-10-5-6-17-9-10)18(15,16)12-4-2-3-11(13)7-12/h2-7,9H,8H2,1H3. The predicted octanol–water partition coefficient (Wildman–Crippen LogP) is 2.75. The summed E-state index contributed by atoms with van der Waals surface area (Å²) < 4.78 is 30.7. The molecule has 0 amide bonds. The number of hydrogen-bond acceptors (Lipinski definition) is 3. The average molecular weight is 286 g/mol. The highest BCUT2D eigenvalue weighted by molar-refractivity contribution is 7.89. The van der Waals surface area contributed by atoms with Crippen LogP contribution < -0.4 is 0 Å². The normalized spacial score (nSPS) is 11.9. The fraction of sp³-hybridized carbons (Fsp3) is 0.167. The van der Waals surface area contributed by atoms with Gasteiger partial charge in [0.15, 0.2) is 0 Å². The molecule has 1 heterocycles. The summed E-state index contributed by atoms with van der Waals surface area (Å²) >= 11 is 5.80. The van der Waals surface area contributed by atoms with Crippen molar-refractivity contribution < 1.29 is 12.8 Å². The van der Waals surface area contributed by atoms with E-state index >= 15 is 0 Å². The second kappa shape index (κ2) is 5.14. The zero-order chi connectivity index (χ0) is 13.2. The van der Waals surface area contributed by atoms with Crippen molar-refractivity contribution in [3.63, 3.8) is 0 Å². The van der Waals surface area contributed by atoms with Gasteiger partial charge >= 0.3 is 0 Å². The van der Waals surface area contributed by atoms with Crippen molar-refractivity contribution in [3.05, 3.63) is 53.4 Å². The van der Waals surface area contributed by atoms with Crippen LogP contribution in [-0.2, 0) is 16.6 Å². The van der Waals surface area contributed by atoms with Crippen LogP contribution in [0.1, 0.15) is 5.56 Å². The van der Waals surface area contributed by atoms with Crippen molar-refractivity contribution in [1.82, 2.24) is 4.31 Å². The number of furan rings is 1. The van der Waals surface area contributed by atoms with Gasteiger partial charge in [0.25, 0.3) is 0 Å². The highest BCUT2D eigenvalue weighted by atomic mass is 35.5. The van der Waals surface area contributed by atoms with Crippen molar-refractivity contribution in [3.8, 4) is 0 Å². The SMILES string of the molecule is CN(Cc1ccoc1)S(=O)(=O)c1cccc(Cl)c1. The Bertz CT molecular complexity index is 623. The maximum atomic E-state index is 12.2. The molecule has 18 heavy (non-hydrogen) atoms. The van der Waals surface area contributed by atoms with Crippen LogP contribution in [0.5, 0.6) is 0 Å². The molecule has 0 aliphatic carbocycles. The molecule has 4 nitrogen and oxygen atoms in total. The largest absolute Gasteiger partial charge is 0.472 e. The lowest BCUT2D eigenvalue weighted by molar-refractivity contribution is 0.463. The third-order valence-electron chi connectivity index (χ3n) is 2.49. The minimum atomic E-state index is -3.53. The van der Waals surface area contributed by atoms with Gasteiger partial charge in [-0.25, -0.2) is 8.42 Å². The van der Waals surface area contributed by atoms with Gasteiger partial charge in [-0.05, 0) is 24.3 Å². The van der Waals surface area contributed by atoms with E-state index in [1.807, 2.05) is 0 Å². The summed E-state index contributed by atoms with van der Waals surface area (Å²) in [6.07, 6.45) is 3.03. The zero-order valence-electron chi connectivity index (χ0n) is 9.71. The molecular weight excluding hydrogens is 274 g/mol. The molecule has 0 spiro atoms. The van der Waals surface area contributed by atoms with Crippen molar-refractivity contribution in [1.29, 1.82) is 0 Å². The summed E-state index contributed by atoms with van der Waals surface area (Å²) in [5.74, 6) is 0. The summed E-state index contributed by atoms with van der Waals surface area (Å²) in [6, 6.07) is 7.93. The van der Waals surface area contributed by atoms with Gasteiger partial charge in [0.1, 0.15) is 0 Å². The van der Waals surface area contributed by atoms with E-state index in [4.69, 9.17) is 16.0 Å². The van der Waals surface area contributed by atoms with Crippen LogP contribution >= 0.6 is 11.6 Å². The van der Waals surface area contributed by atoms with Crippen LogP contribution in [0.2, 0.25) is 5.02 Å². The van der Waals surface area contributed by atoms with E-state index in [0.717, 1.165) is 5.56 Å². The molecule has 0 aliphatic rings. The molecule has 6 heteroatoms. The highest BCUT2D eigenvalue weighted by Gasteiger charge is 2.21. The van der Waals surface area contributed by atoms with E-state index in [0.29, 0.717) is 5.02 Å². The second-order valence-electron chi connectivity index (χ2n) is 3.85. The van der Waals surface area contributed by atoms with Gasteiger partial charge in [0, 0.05) is 24.2 Å². The fourth-order valence-corrected chi connectivity index (χ4v) is 2.99. The first-order chi connectivity index (χ1) is 8.50.